The van der Waals surface area contributed by atoms with E-state index >= 15 is 0 Å². The van der Waals surface area contributed by atoms with Crippen molar-refractivity contribution in [3.05, 3.63) is 18.5 Å². The summed E-state index contributed by atoms with van der Waals surface area (Å²) in [7, 11) is -0.518. The molecule has 2 aromatic rings. The molecule has 4 rings (SSSR count). The number of fused-ring (bicyclic) bond motifs is 3. The molecule has 2 saturated heterocycles. The molecule has 3 heterocycles. The Kier molecular flexibility index (Phi) is 4.13. The average Bonchev–Trinajstić information content (AvgIpc) is 2.92. The molecule has 2 aliphatic heterocycles. The van der Waals surface area contributed by atoms with Crippen molar-refractivity contribution in [2.75, 3.05) is 38.8 Å². The lowest BCUT2D eigenvalue weighted by Gasteiger charge is -2.31. The van der Waals surface area contributed by atoms with E-state index in [9.17, 15) is 8.42 Å². The molecule has 26 heavy (non-hydrogen) atoms. The van der Waals surface area contributed by atoms with Gasteiger partial charge in [0.1, 0.15) is 12.1 Å². The number of anilines is 1. The summed E-state index contributed by atoms with van der Waals surface area (Å²) in [5.74, 6) is 2.21. The van der Waals surface area contributed by atoms with Crippen molar-refractivity contribution in [1.29, 1.82) is 0 Å². The number of aromatic nitrogens is 2. The van der Waals surface area contributed by atoms with Gasteiger partial charge in [-0.3, -0.25) is 0 Å². The zero-order valence-electron chi connectivity index (χ0n) is 14.6. The van der Waals surface area contributed by atoms with Gasteiger partial charge in [-0.25, -0.2) is 15.1 Å². The number of hydrogen-bond acceptors (Lipinski definition) is 7. The van der Waals surface area contributed by atoms with Crippen LogP contribution in [-0.2, 0) is 10.2 Å². The van der Waals surface area contributed by atoms with Crippen LogP contribution in [0.4, 0.5) is 5.82 Å². The molecule has 2 N–H and O–H groups in total. The summed E-state index contributed by atoms with van der Waals surface area (Å²) < 4.78 is 35.6. The van der Waals surface area contributed by atoms with Gasteiger partial charge in [0.2, 0.25) is 0 Å². The first-order valence-corrected chi connectivity index (χ1v) is 9.82. The highest BCUT2D eigenvalue weighted by atomic mass is 32.2. The number of nitrogens with zero attached hydrogens (tertiary/aromatic N) is 4. The molecule has 0 amide bonds. The molecule has 2 bridgehead atoms. The summed E-state index contributed by atoms with van der Waals surface area (Å²) in [6, 6.07) is 3.72. The normalized spacial score (nSPS) is 23.4. The Hall–Kier alpha value is -2.17. The van der Waals surface area contributed by atoms with Crippen LogP contribution < -0.4 is 19.5 Å². The van der Waals surface area contributed by atoms with Crippen LogP contribution in [0.5, 0.6) is 11.5 Å². The first kappa shape index (κ1) is 17.3. The molecule has 2 atom stereocenters. The van der Waals surface area contributed by atoms with Crippen molar-refractivity contribution in [3.63, 3.8) is 0 Å². The highest BCUT2D eigenvalue weighted by Crippen LogP contribution is 2.39. The maximum Gasteiger partial charge on any atom is 0.276 e. The monoisotopic (exact) mass is 379 g/mol. The zero-order valence-corrected chi connectivity index (χ0v) is 15.4. The van der Waals surface area contributed by atoms with E-state index in [2.05, 4.69) is 14.9 Å². The molecule has 1 aromatic heterocycles. The third-order valence-corrected chi connectivity index (χ3v) is 6.15. The molecule has 2 aliphatic rings. The van der Waals surface area contributed by atoms with Crippen molar-refractivity contribution in [2.24, 2.45) is 11.1 Å². The predicted molar refractivity (Wildman–Crippen MR) is 96.6 cm³/mol. The van der Waals surface area contributed by atoms with Crippen LogP contribution in [0.3, 0.4) is 0 Å². The SMILES string of the molecule is COc1cc2ncnc(N3CC4CC3CN(S(N)(=O)=O)C4)c2cc1OC. The highest BCUT2D eigenvalue weighted by Gasteiger charge is 2.42. The van der Waals surface area contributed by atoms with Crippen LogP contribution in [0.25, 0.3) is 10.9 Å². The van der Waals surface area contributed by atoms with Crippen LogP contribution in [0, 0.1) is 5.92 Å². The number of benzene rings is 1. The van der Waals surface area contributed by atoms with E-state index in [1.165, 1.54) is 10.6 Å². The maximum atomic E-state index is 11.7. The molecule has 2 unspecified atom stereocenters. The Labute approximate surface area is 151 Å². The van der Waals surface area contributed by atoms with Gasteiger partial charge in [-0.05, 0) is 18.4 Å². The number of rotatable bonds is 4. The van der Waals surface area contributed by atoms with Crippen LogP contribution in [-0.4, -0.2) is 62.6 Å². The second-order valence-corrected chi connectivity index (χ2v) is 8.24. The third-order valence-electron chi connectivity index (χ3n) is 5.13. The summed E-state index contributed by atoms with van der Waals surface area (Å²) in [6.45, 7) is 1.55. The maximum absolute atomic E-state index is 11.7. The van der Waals surface area contributed by atoms with Crippen molar-refractivity contribution in [3.8, 4) is 11.5 Å². The lowest BCUT2D eigenvalue weighted by atomic mass is 10.0. The van der Waals surface area contributed by atoms with Gasteiger partial charge in [-0.2, -0.15) is 12.7 Å². The lowest BCUT2D eigenvalue weighted by molar-refractivity contribution is 0.298. The summed E-state index contributed by atoms with van der Waals surface area (Å²) >= 11 is 0. The van der Waals surface area contributed by atoms with E-state index in [0.29, 0.717) is 24.6 Å². The number of ether oxygens (including phenoxy) is 2. The topological polar surface area (TPSA) is 111 Å². The largest absolute Gasteiger partial charge is 0.493 e. The lowest BCUT2D eigenvalue weighted by Crippen LogP contribution is -2.47. The second kappa shape index (κ2) is 6.22. The third kappa shape index (κ3) is 2.83. The number of piperidine rings is 1. The first-order valence-electron chi connectivity index (χ1n) is 8.32. The van der Waals surface area contributed by atoms with Gasteiger partial charge >= 0.3 is 0 Å². The van der Waals surface area contributed by atoms with Crippen LogP contribution in [0.2, 0.25) is 0 Å². The summed E-state index contributed by atoms with van der Waals surface area (Å²) in [6.07, 6.45) is 2.44. The van der Waals surface area contributed by atoms with Crippen molar-refractivity contribution >= 4 is 26.9 Å². The van der Waals surface area contributed by atoms with Crippen LogP contribution in [0.15, 0.2) is 18.5 Å². The van der Waals surface area contributed by atoms with E-state index in [0.717, 1.165) is 29.7 Å². The Morgan fingerprint density at radius 2 is 1.85 bits per heavy atom. The minimum Gasteiger partial charge on any atom is -0.493 e. The fourth-order valence-corrected chi connectivity index (χ4v) is 4.78. The van der Waals surface area contributed by atoms with E-state index in [1.54, 1.807) is 14.2 Å². The Bertz CT molecular complexity index is 951. The smallest absolute Gasteiger partial charge is 0.276 e. The minimum atomic E-state index is -3.68. The van der Waals surface area contributed by atoms with Crippen molar-refractivity contribution in [2.45, 2.75) is 12.5 Å². The summed E-state index contributed by atoms with van der Waals surface area (Å²) in [4.78, 5) is 11.0. The summed E-state index contributed by atoms with van der Waals surface area (Å²) in [5.41, 5.74) is 0.748. The van der Waals surface area contributed by atoms with E-state index < -0.39 is 10.2 Å². The van der Waals surface area contributed by atoms with Crippen molar-refractivity contribution in [1.82, 2.24) is 14.3 Å². The van der Waals surface area contributed by atoms with Crippen LogP contribution >= 0.6 is 0 Å². The average molecular weight is 379 g/mol. The minimum absolute atomic E-state index is 0.0401. The van der Waals surface area contributed by atoms with E-state index in [-0.39, 0.29) is 12.0 Å². The standard InChI is InChI=1S/C16H21N5O4S/c1-24-14-4-12-13(5-15(14)25-2)18-9-19-16(12)21-7-10-3-11(21)8-20(6-10)26(17,22)23/h4-5,9-11H,3,6-8H2,1-2H3,(H2,17,22,23). The van der Waals surface area contributed by atoms with Gasteiger partial charge in [0, 0.05) is 37.1 Å². The molecule has 0 radical (unpaired) electrons. The fraction of sp³-hybridized carbons (Fsp3) is 0.500. The Morgan fingerprint density at radius 1 is 1.12 bits per heavy atom. The first-order chi connectivity index (χ1) is 12.4. The molecule has 2 fully saturated rings. The number of methoxy groups -OCH3 is 2. The number of hydrogen-bond donors (Lipinski definition) is 1. The Balaban J connectivity index is 1.76. The molecule has 0 spiro atoms. The molecule has 10 heteroatoms. The molecule has 9 nitrogen and oxygen atoms in total. The molecule has 0 saturated carbocycles. The van der Waals surface area contributed by atoms with Crippen molar-refractivity contribution < 1.29 is 17.9 Å². The van der Waals surface area contributed by atoms with Gasteiger partial charge in [-0.15, -0.1) is 0 Å². The van der Waals surface area contributed by atoms with E-state index in [1.807, 2.05) is 12.1 Å². The Morgan fingerprint density at radius 3 is 2.54 bits per heavy atom. The molecule has 140 valence electrons. The molecule has 1 aromatic carbocycles. The summed E-state index contributed by atoms with van der Waals surface area (Å²) in [5, 5.41) is 6.18. The van der Waals surface area contributed by atoms with E-state index in [4.69, 9.17) is 14.6 Å². The molecular weight excluding hydrogens is 358 g/mol. The van der Waals surface area contributed by atoms with Crippen LogP contribution in [0.1, 0.15) is 6.42 Å². The predicted octanol–water partition coefficient (Wildman–Crippen LogP) is 0.361. The van der Waals surface area contributed by atoms with Gasteiger partial charge in [0.05, 0.1) is 19.7 Å². The highest BCUT2D eigenvalue weighted by molar-refractivity contribution is 7.86. The number of nitrogens with two attached hydrogens (primary N) is 1. The molecule has 0 aliphatic carbocycles. The molecular formula is C16H21N5O4S. The quantitative estimate of drug-likeness (QED) is 0.816. The van der Waals surface area contributed by atoms with Gasteiger partial charge < -0.3 is 14.4 Å². The van der Waals surface area contributed by atoms with Gasteiger partial charge in [0.15, 0.2) is 11.5 Å². The zero-order chi connectivity index (χ0) is 18.5. The second-order valence-electron chi connectivity index (χ2n) is 6.69. The van der Waals surface area contributed by atoms with Gasteiger partial charge in [-0.1, -0.05) is 0 Å². The fourth-order valence-electron chi connectivity index (χ4n) is 3.98. The van der Waals surface area contributed by atoms with Gasteiger partial charge in [0.25, 0.3) is 10.2 Å².